The van der Waals surface area contributed by atoms with Crippen LogP contribution in [0, 0.1) is 0 Å². The number of nitrogens with zero attached hydrogens (tertiary/aromatic N) is 1. The van der Waals surface area contributed by atoms with Crippen LogP contribution in [0.5, 0.6) is 0 Å². The number of benzene rings is 1. The van der Waals surface area contributed by atoms with Gasteiger partial charge in [0.05, 0.1) is 11.4 Å². The molecule has 2 N–H and O–H groups in total. The average Bonchev–Trinajstić information content (AvgIpc) is 2.46. The first-order valence-electron chi connectivity index (χ1n) is 6.73. The second-order valence-corrected chi connectivity index (χ2v) is 6.12. The van der Waals surface area contributed by atoms with Crippen molar-refractivity contribution >= 4 is 41.7 Å². The molecule has 0 bridgehead atoms. The van der Waals surface area contributed by atoms with E-state index in [0.717, 1.165) is 30.2 Å². The zero-order valence-electron chi connectivity index (χ0n) is 11.7. The molecule has 1 saturated heterocycles. The van der Waals surface area contributed by atoms with Gasteiger partial charge in [-0.2, -0.15) is 0 Å². The van der Waals surface area contributed by atoms with Crippen molar-refractivity contribution in [3.8, 4) is 0 Å². The first-order chi connectivity index (χ1) is 9.65. The molecule has 0 unspecified atom stereocenters. The van der Waals surface area contributed by atoms with Gasteiger partial charge in [-0.1, -0.05) is 0 Å². The second kappa shape index (κ2) is 6.68. The fourth-order valence-electron chi connectivity index (χ4n) is 2.52. The van der Waals surface area contributed by atoms with E-state index in [-0.39, 0.29) is 30.3 Å². The first-order valence-corrected chi connectivity index (χ1v) is 7.72. The van der Waals surface area contributed by atoms with Crippen LogP contribution in [-0.4, -0.2) is 48.1 Å². The molecule has 1 fully saturated rings. The minimum atomic E-state index is -0.0114. The van der Waals surface area contributed by atoms with E-state index in [9.17, 15) is 9.59 Å². The number of carbonyl (C=O) groups is 2. The van der Waals surface area contributed by atoms with E-state index in [0.29, 0.717) is 11.3 Å². The number of fused-ring (bicyclic) bond motifs is 1. The fourth-order valence-corrected chi connectivity index (χ4v) is 3.31. The highest BCUT2D eigenvalue weighted by Crippen LogP contribution is 2.32. The van der Waals surface area contributed by atoms with Gasteiger partial charge in [-0.15, -0.1) is 24.2 Å². The zero-order valence-corrected chi connectivity index (χ0v) is 13.4. The van der Waals surface area contributed by atoms with E-state index < -0.39 is 0 Å². The molecule has 0 radical (unpaired) electrons. The number of hydrogen-bond donors (Lipinski definition) is 2. The number of anilines is 1. The van der Waals surface area contributed by atoms with E-state index in [4.69, 9.17) is 0 Å². The Morgan fingerprint density at radius 1 is 1.43 bits per heavy atom. The van der Waals surface area contributed by atoms with Crippen molar-refractivity contribution in [2.75, 3.05) is 30.7 Å². The van der Waals surface area contributed by atoms with Crippen molar-refractivity contribution in [1.29, 1.82) is 0 Å². The van der Waals surface area contributed by atoms with Gasteiger partial charge >= 0.3 is 0 Å². The van der Waals surface area contributed by atoms with E-state index >= 15 is 0 Å². The highest BCUT2D eigenvalue weighted by atomic mass is 35.5. The SMILES string of the molecule is C[C@H]1CNCCN1C(=O)c1ccc2c(c1)NC(=O)CS2.Cl. The predicted octanol–water partition coefficient (Wildman–Crippen LogP) is 1.59. The van der Waals surface area contributed by atoms with Gasteiger partial charge in [-0.25, -0.2) is 0 Å². The summed E-state index contributed by atoms with van der Waals surface area (Å²) in [4.78, 5) is 26.9. The third-order valence-corrected chi connectivity index (χ3v) is 4.70. The van der Waals surface area contributed by atoms with Crippen molar-refractivity contribution in [2.24, 2.45) is 0 Å². The molecule has 7 heteroatoms. The van der Waals surface area contributed by atoms with Gasteiger partial charge in [-0.05, 0) is 25.1 Å². The third-order valence-electron chi connectivity index (χ3n) is 3.62. The van der Waals surface area contributed by atoms with Crippen molar-refractivity contribution in [3.05, 3.63) is 23.8 Å². The third kappa shape index (κ3) is 3.33. The molecule has 0 aromatic heterocycles. The van der Waals surface area contributed by atoms with Crippen LogP contribution in [0.2, 0.25) is 0 Å². The summed E-state index contributed by atoms with van der Waals surface area (Å²) < 4.78 is 0. The molecule has 3 rings (SSSR count). The number of piperazine rings is 1. The number of halogens is 1. The molecule has 2 aliphatic heterocycles. The topological polar surface area (TPSA) is 61.4 Å². The van der Waals surface area contributed by atoms with Gasteiger partial charge in [-0.3, -0.25) is 9.59 Å². The first kappa shape index (κ1) is 16.1. The molecule has 0 spiro atoms. The Kier molecular flexibility index (Phi) is 5.13. The van der Waals surface area contributed by atoms with Gasteiger partial charge in [0.15, 0.2) is 0 Å². The molecule has 2 amide bonds. The summed E-state index contributed by atoms with van der Waals surface area (Å²) in [5.41, 5.74) is 1.39. The molecular weight excluding hydrogens is 310 g/mol. The van der Waals surface area contributed by atoms with E-state index in [1.165, 1.54) is 11.8 Å². The Labute approximate surface area is 134 Å². The Bertz CT molecular complexity index is 567. The van der Waals surface area contributed by atoms with Crippen LogP contribution >= 0.6 is 24.2 Å². The number of thioether (sulfide) groups is 1. The normalized spacial score (nSPS) is 21.1. The van der Waals surface area contributed by atoms with Crippen LogP contribution in [0.3, 0.4) is 0 Å². The minimum Gasteiger partial charge on any atom is -0.333 e. The van der Waals surface area contributed by atoms with Crippen LogP contribution in [0.25, 0.3) is 0 Å². The minimum absolute atomic E-state index is 0. The highest BCUT2D eigenvalue weighted by molar-refractivity contribution is 8.00. The maximum absolute atomic E-state index is 12.6. The molecule has 1 atom stereocenters. The van der Waals surface area contributed by atoms with E-state index in [2.05, 4.69) is 10.6 Å². The lowest BCUT2D eigenvalue weighted by atomic mass is 10.1. The molecular formula is C14H18ClN3O2S. The standard InChI is InChI=1S/C14H17N3O2S.ClH/c1-9-7-15-4-5-17(9)14(19)10-2-3-12-11(6-10)16-13(18)8-20-12;/h2-3,6,9,15H,4-5,7-8H2,1H3,(H,16,18);1H/t9-;/m0./s1. The fraction of sp³-hybridized carbons (Fsp3) is 0.429. The van der Waals surface area contributed by atoms with Gasteiger partial charge in [0.2, 0.25) is 5.91 Å². The average molecular weight is 328 g/mol. The monoisotopic (exact) mass is 327 g/mol. The van der Waals surface area contributed by atoms with Crippen molar-refractivity contribution in [3.63, 3.8) is 0 Å². The van der Waals surface area contributed by atoms with Gasteiger partial charge < -0.3 is 15.5 Å². The lowest BCUT2D eigenvalue weighted by molar-refractivity contribution is -0.113. The Morgan fingerprint density at radius 2 is 2.24 bits per heavy atom. The van der Waals surface area contributed by atoms with Crippen LogP contribution < -0.4 is 10.6 Å². The summed E-state index contributed by atoms with van der Waals surface area (Å²) in [5, 5.41) is 6.10. The molecule has 0 aliphatic carbocycles. The molecule has 2 heterocycles. The van der Waals surface area contributed by atoms with Crippen molar-refractivity contribution < 1.29 is 9.59 Å². The molecule has 5 nitrogen and oxygen atoms in total. The smallest absolute Gasteiger partial charge is 0.254 e. The number of amides is 2. The Morgan fingerprint density at radius 3 is 3.00 bits per heavy atom. The van der Waals surface area contributed by atoms with Crippen LogP contribution in [0.15, 0.2) is 23.1 Å². The van der Waals surface area contributed by atoms with Gasteiger partial charge in [0.1, 0.15) is 0 Å². The number of carbonyl (C=O) groups excluding carboxylic acids is 2. The predicted molar refractivity (Wildman–Crippen MR) is 86.4 cm³/mol. The molecule has 2 aliphatic rings. The van der Waals surface area contributed by atoms with E-state index in [1.54, 1.807) is 6.07 Å². The summed E-state index contributed by atoms with van der Waals surface area (Å²) in [6, 6.07) is 5.74. The maximum Gasteiger partial charge on any atom is 0.254 e. The van der Waals surface area contributed by atoms with Gasteiger partial charge in [0.25, 0.3) is 5.91 Å². The lowest BCUT2D eigenvalue weighted by Crippen LogP contribution is -2.52. The largest absolute Gasteiger partial charge is 0.333 e. The van der Waals surface area contributed by atoms with Crippen molar-refractivity contribution in [1.82, 2.24) is 10.2 Å². The lowest BCUT2D eigenvalue weighted by Gasteiger charge is -2.34. The summed E-state index contributed by atoms with van der Waals surface area (Å²) >= 11 is 1.51. The summed E-state index contributed by atoms with van der Waals surface area (Å²) in [6.07, 6.45) is 0. The Balaban J connectivity index is 0.00000161. The highest BCUT2D eigenvalue weighted by Gasteiger charge is 2.25. The van der Waals surface area contributed by atoms with Gasteiger partial charge in [0, 0.05) is 36.1 Å². The molecule has 1 aromatic carbocycles. The molecule has 0 saturated carbocycles. The molecule has 21 heavy (non-hydrogen) atoms. The van der Waals surface area contributed by atoms with Crippen molar-refractivity contribution in [2.45, 2.75) is 17.9 Å². The van der Waals surface area contributed by atoms with Crippen LogP contribution in [0.1, 0.15) is 17.3 Å². The number of nitrogens with one attached hydrogen (secondary N) is 2. The molecule has 114 valence electrons. The maximum atomic E-state index is 12.6. The zero-order chi connectivity index (χ0) is 14.1. The number of rotatable bonds is 1. The summed E-state index contributed by atoms with van der Waals surface area (Å²) in [6.45, 7) is 4.41. The quantitative estimate of drug-likeness (QED) is 0.822. The van der Waals surface area contributed by atoms with Crippen LogP contribution in [0.4, 0.5) is 5.69 Å². The summed E-state index contributed by atoms with van der Waals surface area (Å²) in [7, 11) is 0. The summed E-state index contributed by atoms with van der Waals surface area (Å²) in [5.74, 6) is 0.462. The van der Waals surface area contributed by atoms with E-state index in [1.807, 2.05) is 24.0 Å². The second-order valence-electron chi connectivity index (χ2n) is 5.10. The Hall–Kier alpha value is -1.24. The molecule has 1 aromatic rings. The number of hydrogen-bond acceptors (Lipinski definition) is 4. The van der Waals surface area contributed by atoms with Crippen LogP contribution in [-0.2, 0) is 4.79 Å².